The van der Waals surface area contributed by atoms with E-state index in [0.717, 1.165) is 15.8 Å². The number of rotatable bonds is 3. The van der Waals surface area contributed by atoms with E-state index in [1.807, 2.05) is 18.2 Å². The van der Waals surface area contributed by atoms with Crippen molar-refractivity contribution in [1.82, 2.24) is 0 Å². The lowest BCUT2D eigenvalue weighted by Gasteiger charge is -2.13. The highest BCUT2D eigenvalue weighted by molar-refractivity contribution is 9.10. The lowest BCUT2D eigenvalue weighted by Crippen LogP contribution is -1.98. The Hall–Kier alpha value is -1.39. The molecule has 0 unspecified atom stereocenters. The molecule has 3 N–H and O–H groups in total. The lowest BCUT2D eigenvalue weighted by atomic mass is 10.2. The van der Waals surface area contributed by atoms with Gasteiger partial charge in [0.25, 0.3) is 0 Å². The smallest absolute Gasteiger partial charge is 0.142 e. The van der Waals surface area contributed by atoms with Gasteiger partial charge in [-0.2, -0.15) is 0 Å². The Kier molecular flexibility index (Phi) is 3.99. The third kappa shape index (κ3) is 2.89. The Labute approximate surface area is 119 Å². The zero-order valence-corrected chi connectivity index (χ0v) is 12.0. The molecule has 5 heteroatoms. The zero-order valence-electron chi connectivity index (χ0n) is 9.71. The van der Waals surface area contributed by atoms with Gasteiger partial charge in [0.15, 0.2) is 0 Å². The maximum absolute atomic E-state index is 5.98. The Bertz CT molecular complexity index is 575. The molecule has 0 bridgehead atoms. The van der Waals surface area contributed by atoms with Gasteiger partial charge in [0.2, 0.25) is 0 Å². The number of hydrogen-bond acceptors (Lipinski definition) is 3. The van der Waals surface area contributed by atoms with Crippen molar-refractivity contribution in [2.24, 2.45) is 0 Å². The minimum absolute atomic E-state index is 0.631. The van der Waals surface area contributed by atoms with E-state index < -0.39 is 0 Å². The van der Waals surface area contributed by atoms with Gasteiger partial charge in [-0.05, 0) is 36.4 Å². The number of halogens is 2. The molecule has 0 fully saturated rings. The molecule has 0 amide bonds. The third-order valence-corrected chi connectivity index (χ3v) is 3.17. The Morgan fingerprint density at radius 2 is 1.94 bits per heavy atom. The summed E-state index contributed by atoms with van der Waals surface area (Å²) in [5.74, 6) is 0.707. The normalized spacial score (nSPS) is 10.2. The lowest BCUT2D eigenvalue weighted by molar-refractivity contribution is 0.417. The van der Waals surface area contributed by atoms with E-state index in [9.17, 15) is 0 Å². The van der Waals surface area contributed by atoms with E-state index in [0.29, 0.717) is 16.5 Å². The van der Waals surface area contributed by atoms with E-state index in [4.69, 9.17) is 22.1 Å². The monoisotopic (exact) mass is 326 g/mol. The average Bonchev–Trinajstić information content (AvgIpc) is 2.34. The van der Waals surface area contributed by atoms with Crippen LogP contribution in [0.4, 0.5) is 17.1 Å². The van der Waals surface area contributed by atoms with Crippen LogP contribution in [0, 0.1) is 0 Å². The van der Waals surface area contributed by atoms with E-state index in [-0.39, 0.29) is 0 Å². The fourth-order valence-corrected chi connectivity index (χ4v) is 2.09. The van der Waals surface area contributed by atoms with Crippen LogP contribution in [0.3, 0.4) is 0 Å². The van der Waals surface area contributed by atoms with Crippen LogP contribution in [-0.2, 0) is 0 Å². The van der Waals surface area contributed by atoms with Crippen LogP contribution in [0.25, 0.3) is 0 Å². The van der Waals surface area contributed by atoms with Crippen molar-refractivity contribution < 1.29 is 4.74 Å². The fraction of sp³-hybridized carbons (Fsp3) is 0.0769. The number of benzene rings is 2. The van der Waals surface area contributed by atoms with Gasteiger partial charge in [0, 0.05) is 9.50 Å². The number of hydrogen-bond donors (Lipinski definition) is 2. The van der Waals surface area contributed by atoms with Crippen LogP contribution in [0.15, 0.2) is 40.9 Å². The molecule has 0 aromatic heterocycles. The zero-order chi connectivity index (χ0) is 13.1. The topological polar surface area (TPSA) is 47.3 Å². The second kappa shape index (κ2) is 5.50. The predicted molar refractivity (Wildman–Crippen MR) is 79.8 cm³/mol. The maximum Gasteiger partial charge on any atom is 0.142 e. The summed E-state index contributed by atoms with van der Waals surface area (Å²) in [5, 5.41) is 3.84. The number of methoxy groups -OCH3 is 1. The molecular weight excluding hydrogens is 316 g/mol. The molecule has 2 aromatic rings. The number of nitrogen functional groups attached to an aromatic ring is 1. The first-order valence-corrected chi connectivity index (χ1v) is 6.43. The third-order valence-electron chi connectivity index (χ3n) is 2.45. The summed E-state index contributed by atoms with van der Waals surface area (Å²) in [7, 11) is 1.61. The molecule has 94 valence electrons. The van der Waals surface area contributed by atoms with E-state index >= 15 is 0 Å². The minimum Gasteiger partial charge on any atom is -0.495 e. The van der Waals surface area contributed by atoms with Crippen LogP contribution in [0.2, 0.25) is 5.02 Å². The first-order chi connectivity index (χ1) is 8.60. The van der Waals surface area contributed by atoms with Crippen molar-refractivity contribution in [3.8, 4) is 5.75 Å². The molecule has 2 rings (SSSR count). The molecule has 2 aromatic carbocycles. The number of nitrogens with two attached hydrogens (primary N) is 1. The highest BCUT2D eigenvalue weighted by Gasteiger charge is 2.06. The van der Waals surface area contributed by atoms with Gasteiger partial charge >= 0.3 is 0 Å². The molecule has 0 atom stereocenters. The molecule has 0 aliphatic rings. The summed E-state index contributed by atoms with van der Waals surface area (Å²) in [4.78, 5) is 0. The van der Waals surface area contributed by atoms with Gasteiger partial charge in [-0.25, -0.2) is 0 Å². The first kappa shape index (κ1) is 13.1. The van der Waals surface area contributed by atoms with Crippen LogP contribution < -0.4 is 15.8 Å². The van der Waals surface area contributed by atoms with Crippen LogP contribution in [-0.4, -0.2) is 7.11 Å². The molecule has 0 heterocycles. The Morgan fingerprint density at radius 1 is 1.17 bits per heavy atom. The fourth-order valence-electron chi connectivity index (χ4n) is 1.56. The highest BCUT2D eigenvalue weighted by atomic mass is 79.9. The number of anilines is 3. The van der Waals surface area contributed by atoms with Gasteiger partial charge in [-0.15, -0.1) is 0 Å². The SMILES string of the molecule is COc1ccc(Cl)cc1Nc1cc(Br)ccc1N. The van der Waals surface area contributed by atoms with Gasteiger partial charge in [-0.1, -0.05) is 27.5 Å². The van der Waals surface area contributed by atoms with Crippen molar-refractivity contribution in [2.45, 2.75) is 0 Å². The van der Waals surface area contributed by atoms with Crippen molar-refractivity contribution in [3.63, 3.8) is 0 Å². The molecule has 0 aliphatic heterocycles. The Balaban J connectivity index is 2.38. The number of ether oxygens (including phenoxy) is 1. The van der Waals surface area contributed by atoms with Gasteiger partial charge in [0.05, 0.1) is 24.2 Å². The molecular formula is C13H12BrClN2O. The summed E-state index contributed by atoms with van der Waals surface area (Å²) in [6.45, 7) is 0. The average molecular weight is 328 g/mol. The molecule has 0 aliphatic carbocycles. The van der Waals surface area contributed by atoms with Crippen LogP contribution in [0.5, 0.6) is 5.75 Å². The molecule has 0 spiro atoms. The minimum atomic E-state index is 0.631. The van der Waals surface area contributed by atoms with Crippen molar-refractivity contribution >= 4 is 44.6 Å². The second-order valence-corrected chi connectivity index (χ2v) is 5.05. The summed E-state index contributed by atoms with van der Waals surface area (Å²) in [6.07, 6.45) is 0. The van der Waals surface area contributed by atoms with Crippen molar-refractivity contribution in [1.29, 1.82) is 0 Å². The van der Waals surface area contributed by atoms with Crippen LogP contribution >= 0.6 is 27.5 Å². The predicted octanol–water partition coefficient (Wildman–Crippen LogP) is 4.44. The standard InChI is InChI=1S/C13H12BrClN2O/c1-18-13-5-3-9(15)7-12(13)17-11-6-8(14)2-4-10(11)16/h2-7,17H,16H2,1H3. The van der Waals surface area contributed by atoms with Crippen molar-refractivity contribution in [3.05, 3.63) is 45.9 Å². The molecule has 0 radical (unpaired) electrons. The summed E-state index contributed by atoms with van der Waals surface area (Å²) in [5.41, 5.74) is 8.13. The Morgan fingerprint density at radius 3 is 2.67 bits per heavy atom. The summed E-state index contributed by atoms with van der Waals surface area (Å²) < 4.78 is 6.21. The molecule has 3 nitrogen and oxygen atoms in total. The van der Waals surface area contributed by atoms with Gasteiger partial charge in [-0.3, -0.25) is 0 Å². The maximum atomic E-state index is 5.98. The quantitative estimate of drug-likeness (QED) is 0.819. The summed E-state index contributed by atoms with van der Waals surface area (Å²) in [6, 6.07) is 11.0. The van der Waals surface area contributed by atoms with E-state index in [1.165, 1.54) is 0 Å². The van der Waals surface area contributed by atoms with E-state index in [1.54, 1.807) is 25.3 Å². The van der Waals surface area contributed by atoms with Crippen molar-refractivity contribution in [2.75, 3.05) is 18.2 Å². The molecule has 0 saturated heterocycles. The number of nitrogens with one attached hydrogen (secondary N) is 1. The van der Waals surface area contributed by atoms with E-state index in [2.05, 4.69) is 21.2 Å². The second-order valence-electron chi connectivity index (χ2n) is 3.70. The molecule has 18 heavy (non-hydrogen) atoms. The first-order valence-electron chi connectivity index (χ1n) is 5.26. The highest BCUT2D eigenvalue weighted by Crippen LogP contribution is 2.33. The molecule has 0 saturated carbocycles. The largest absolute Gasteiger partial charge is 0.495 e. The van der Waals surface area contributed by atoms with Crippen LogP contribution in [0.1, 0.15) is 0 Å². The van der Waals surface area contributed by atoms with Gasteiger partial charge in [0.1, 0.15) is 5.75 Å². The van der Waals surface area contributed by atoms with Gasteiger partial charge < -0.3 is 15.8 Å². The summed E-state index contributed by atoms with van der Waals surface area (Å²) >= 11 is 9.38.